The summed E-state index contributed by atoms with van der Waals surface area (Å²) >= 11 is 0. The van der Waals surface area contributed by atoms with E-state index in [0.717, 1.165) is 111 Å². The lowest BCUT2D eigenvalue weighted by Gasteiger charge is -2.10. The van der Waals surface area contributed by atoms with Crippen LogP contribution >= 0.6 is 0 Å². The van der Waals surface area contributed by atoms with E-state index >= 15 is 0 Å². The van der Waals surface area contributed by atoms with E-state index in [1.165, 1.54) is 69.8 Å². The van der Waals surface area contributed by atoms with Crippen molar-refractivity contribution in [1.29, 1.82) is 0 Å². The van der Waals surface area contributed by atoms with Crippen molar-refractivity contribution < 1.29 is 0 Å². The lowest BCUT2D eigenvalue weighted by atomic mass is 10.2. The summed E-state index contributed by atoms with van der Waals surface area (Å²) in [5, 5.41) is 31.5. The average Bonchev–Trinajstić information content (AvgIpc) is 2.98. The van der Waals surface area contributed by atoms with Gasteiger partial charge in [0.05, 0.1) is 0 Å². The first-order chi connectivity index (χ1) is 20.3. The number of unbranched alkanes of at least 4 members (excludes halogenated alkanes) is 4. The third kappa shape index (κ3) is 35.5. The zero-order valence-corrected chi connectivity index (χ0v) is 27.7. The summed E-state index contributed by atoms with van der Waals surface area (Å²) in [5.74, 6) is 0. The van der Waals surface area contributed by atoms with Crippen LogP contribution in [0.15, 0.2) is 11.6 Å². The molecule has 0 saturated heterocycles. The van der Waals surface area contributed by atoms with Crippen molar-refractivity contribution in [3.63, 3.8) is 0 Å². The summed E-state index contributed by atoms with van der Waals surface area (Å²) in [6, 6.07) is 0. The average molecular weight is 584 g/mol. The molecule has 0 unspecified atom stereocenters. The first-order valence-corrected chi connectivity index (χ1v) is 17.3. The molecule has 0 aromatic heterocycles. The molecule has 9 nitrogen and oxygen atoms in total. The predicted molar refractivity (Wildman–Crippen MR) is 182 cm³/mol. The molecular formula is C32H73N9. The minimum absolute atomic E-state index is 0.955. The maximum atomic E-state index is 3.63. The first-order valence-electron chi connectivity index (χ1n) is 17.3. The van der Waals surface area contributed by atoms with Gasteiger partial charge in [-0.25, -0.2) is 0 Å². The molecular weight excluding hydrogens is 510 g/mol. The second-order valence-corrected chi connectivity index (χ2v) is 11.0. The van der Waals surface area contributed by atoms with Crippen molar-refractivity contribution in [1.82, 2.24) is 47.9 Å². The van der Waals surface area contributed by atoms with Crippen LogP contribution in [0.25, 0.3) is 0 Å². The molecule has 41 heavy (non-hydrogen) atoms. The summed E-state index contributed by atoms with van der Waals surface area (Å²) in [4.78, 5) is 0. The molecule has 0 radical (unpaired) electrons. The van der Waals surface area contributed by atoms with Crippen molar-refractivity contribution >= 4 is 0 Å². The third-order valence-electron chi connectivity index (χ3n) is 7.03. The zero-order valence-electron chi connectivity index (χ0n) is 27.7. The zero-order chi connectivity index (χ0) is 29.7. The van der Waals surface area contributed by atoms with Gasteiger partial charge in [0.15, 0.2) is 0 Å². The van der Waals surface area contributed by atoms with Crippen molar-refractivity contribution in [3.05, 3.63) is 11.6 Å². The lowest BCUT2D eigenvalue weighted by Crippen LogP contribution is -2.26. The highest BCUT2D eigenvalue weighted by molar-refractivity contribution is 5.07. The van der Waals surface area contributed by atoms with Crippen molar-refractivity contribution in [3.8, 4) is 0 Å². The van der Waals surface area contributed by atoms with Crippen LogP contribution in [0.5, 0.6) is 0 Å². The van der Waals surface area contributed by atoms with Gasteiger partial charge in [0.25, 0.3) is 0 Å². The van der Waals surface area contributed by atoms with Crippen molar-refractivity contribution in [2.75, 3.05) is 118 Å². The van der Waals surface area contributed by atoms with Gasteiger partial charge in [-0.05, 0) is 168 Å². The van der Waals surface area contributed by atoms with Crippen molar-refractivity contribution in [2.24, 2.45) is 0 Å². The fourth-order valence-electron chi connectivity index (χ4n) is 4.53. The smallest absolute Gasteiger partial charge is 0.0177 e. The molecule has 0 rings (SSSR count). The quantitative estimate of drug-likeness (QED) is 0.0403. The van der Waals surface area contributed by atoms with Gasteiger partial charge in [-0.15, -0.1) is 0 Å². The van der Waals surface area contributed by atoms with Crippen LogP contribution in [0.2, 0.25) is 0 Å². The molecule has 0 aliphatic heterocycles. The highest BCUT2D eigenvalue weighted by Gasteiger charge is 1.98. The molecule has 9 N–H and O–H groups in total. The Morgan fingerprint density at radius 2 is 0.732 bits per heavy atom. The molecule has 0 aliphatic rings. The van der Waals surface area contributed by atoms with Gasteiger partial charge in [-0.2, -0.15) is 0 Å². The van der Waals surface area contributed by atoms with Crippen LogP contribution in [0.3, 0.4) is 0 Å². The van der Waals surface area contributed by atoms with Gasteiger partial charge >= 0.3 is 0 Å². The standard InChI is InChI=1S/C32H73N9/c1-4-34-17-6-7-18-36-20-10-11-23-40-29-16-32(30-33-3)31-41-24-13-12-21-37-19-8-9-22-38-27-15-28-39-26-14-25-35-5-2/h16,33-41H,4-15,17-31H2,1-3H3/b32-16-. The maximum Gasteiger partial charge on any atom is 0.0177 e. The van der Waals surface area contributed by atoms with E-state index in [-0.39, 0.29) is 0 Å². The Hall–Kier alpha value is -0.620. The summed E-state index contributed by atoms with van der Waals surface area (Å²) in [6.07, 6.45) is 14.8. The monoisotopic (exact) mass is 584 g/mol. The van der Waals surface area contributed by atoms with Gasteiger partial charge in [-0.3, -0.25) is 0 Å². The molecule has 0 aromatic rings. The minimum Gasteiger partial charge on any atom is -0.317 e. The topological polar surface area (TPSA) is 108 Å². The molecule has 0 aromatic carbocycles. The molecule has 0 amide bonds. The Labute approximate surface area is 255 Å². The number of hydrogen-bond donors (Lipinski definition) is 9. The number of hydrogen-bond acceptors (Lipinski definition) is 9. The van der Waals surface area contributed by atoms with Crippen molar-refractivity contribution in [2.45, 2.75) is 78.1 Å². The van der Waals surface area contributed by atoms with Crippen LogP contribution in [-0.2, 0) is 0 Å². The highest BCUT2D eigenvalue weighted by Crippen LogP contribution is 1.93. The van der Waals surface area contributed by atoms with Gasteiger partial charge < -0.3 is 47.9 Å². The fraction of sp³-hybridized carbons (Fsp3) is 0.938. The molecule has 0 heterocycles. The normalized spacial score (nSPS) is 12.0. The summed E-state index contributed by atoms with van der Waals surface area (Å²) in [7, 11) is 2.03. The van der Waals surface area contributed by atoms with Crippen LogP contribution in [0, 0.1) is 0 Å². The molecule has 246 valence electrons. The van der Waals surface area contributed by atoms with E-state index in [9.17, 15) is 0 Å². The van der Waals surface area contributed by atoms with E-state index < -0.39 is 0 Å². The van der Waals surface area contributed by atoms with Gasteiger partial charge in [0.1, 0.15) is 0 Å². The molecule has 0 spiro atoms. The second kappa shape index (κ2) is 37.4. The number of nitrogens with one attached hydrogen (secondary N) is 9. The van der Waals surface area contributed by atoms with E-state index in [0.29, 0.717) is 0 Å². The second-order valence-electron chi connectivity index (χ2n) is 11.0. The molecule has 0 bridgehead atoms. The van der Waals surface area contributed by atoms with E-state index in [1.54, 1.807) is 0 Å². The lowest BCUT2D eigenvalue weighted by molar-refractivity contribution is 0.542. The van der Waals surface area contributed by atoms with E-state index in [4.69, 9.17) is 0 Å². The molecule has 0 fully saturated rings. The SMILES string of the molecule is CCNCCCCNCCCCNC/C=C(/CNC)CNCCCCNCCCCNCCCNCCCNCC. The minimum atomic E-state index is 0.955. The fourth-order valence-corrected chi connectivity index (χ4v) is 4.53. The van der Waals surface area contributed by atoms with Gasteiger partial charge in [0, 0.05) is 19.6 Å². The van der Waals surface area contributed by atoms with E-state index in [2.05, 4.69) is 67.8 Å². The van der Waals surface area contributed by atoms with Crippen LogP contribution < -0.4 is 47.9 Å². The van der Waals surface area contributed by atoms with Gasteiger partial charge in [-0.1, -0.05) is 19.9 Å². The Morgan fingerprint density at radius 1 is 0.390 bits per heavy atom. The number of likely N-dealkylation sites (N-methyl/N-ethyl adjacent to an activating group) is 1. The number of rotatable bonds is 36. The summed E-state index contributed by atoms with van der Waals surface area (Å²) < 4.78 is 0. The first kappa shape index (κ1) is 40.4. The summed E-state index contributed by atoms with van der Waals surface area (Å²) in [5.41, 5.74) is 1.45. The molecule has 0 aliphatic carbocycles. The maximum absolute atomic E-state index is 3.63. The van der Waals surface area contributed by atoms with E-state index in [1.807, 2.05) is 7.05 Å². The van der Waals surface area contributed by atoms with Crippen LogP contribution in [0.4, 0.5) is 0 Å². The van der Waals surface area contributed by atoms with Crippen LogP contribution in [0.1, 0.15) is 78.1 Å². The largest absolute Gasteiger partial charge is 0.317 e. The van der Waals surface area contributed by atoms with Crippen LogP contribution in [-0.4, -0.2) is 118 Å². The Bertz CT molecular complexity index is 506. The third-order valence-corrected chi connectivity index (χ3v) is 7.03. The van der Waals surface area contributed by atoms with Gasteiger partial charge in [0.2, 0.25) is 0 Å². The Balaban J connectivity index is 3.40. The Morgan fingerprint density at radius 3 is 1.15 bits per heavy atom. The molecule has 0 saturated carbocycles. The highest BCUT2D eigenvalue weighted by atomic mass is 14.9. The molecule has 0 atom stereocenters. The summed E-state index contributed by atoms with van der Waals surface area (Å²) in [6.45, 7) is 22.9. The predicted octanol–water partition coefficient (Wildman–Crippen LogP) is 1.79. The molecule has 9 heteroatoms. The Kier molecular flexibility index (Phi) is 36.8.